The van der Waals surface area contributed by atoms with Crippen LogP contribution in [0.15, 0.2) is 0 Å². The van der Waals surface area contributed by atoms with E-state index in [1.807, 2.05) is 0 Å². The van der Waals surface area contributed by atoms with Crippen molar-refractivity contribution in [3.8, 4) is 0 Å². The zero-order chi connectivity index (χ0) is 11.6. The largest absolute Gasteiger partial charge is 0.370 e. The highest BCUT2D eigenvalue weighted by Crippen LogP contribution is 2.37. The first kappa shape index (κ1) is 12.4. The monoisotopic (exact) mass is 225 g/mol. The van der Waals surface area contributed by atoms with Crippen LogP contribution in [0.3, 0.4) is 0 Å². The minimum Gasteiger partial charge on any atom is -0.370 e. The number of rotatable bonds is 4. The Kier molecular flexibility index (Phi) is 3.60. The maximum absolute atomic E-state index is 6.37. The van der Waals surface area contributed by atoms with E-state index in [0.717, 1.165) is 6.54 Å². The van der Waals surface area contributed by atoms with Crippen molar-refractivity contribution in [1.29, 1.82) is 0 Å². The van der Waals surface area contributed by atoms with Crippen molar-refractivity contribution >= 4 is 0 Å². The number of ether oxygens (including phenoxy) is 1. The van der Waals surface area contributed by atoms with E-state index < -0.39 is 0 Å². The molecule has 0 saturated heterocycles. The predicted molar refractivity (Wildman–Crippen MR) is 67.7 cm³/mol. The Balaban J connectivity index is 1.87. The molecule has 0 aliphatic heterocycles. The van der Waals surface area contributed by atoms with Crippen LogP contribution in [0, 0.1) is 0 Å². The van der Waals surface area contributed by atoms with Crippen LogP contribution in [-0.4, -0.2) is 23.8 Å². The number of hydrogen-bond acceptors (Lipinski definition) is 2. The summed E-state index contributed by atoms with van der Waals surface area (Å²) in [5, 5.41) is 3.63. The van der Waals surface area contributed by atoms with Crippen molar-refractivity contribution in [3.05, 3.63) is 0 Å². The second-order valence-corrected chi connectivity index (χ2v) is 6.66. The molecule has 0 bridgehead atoms. The van der Waals surface area contributed by atoms with Gasteiger partial charge >= 0.3 is 0 Å². The van der Waals surface area contributed by atoms with Gasteiger partial charge in [0.15, 0.2) is 0 Å². The third-order valence-electron chi connectivity index (χ3n) is 3.92. The molecular formula is C14H27NO. The first-order valence-corrected chi connectivity index (χ1v) is 6.92. The molecule has 94 valence electrons. The molecule has 2 aliphatic rings. The van der Waals surface area contributed by atoms with Gasteiger partial charge in [0.1, 0.15) is 0 Å². The van der Waals surface area contributed by atoms with Crippen molar-refractivity contribution in [2.24, 2.45) is 0 Å². The Morgan fingerprint density at radius 1 is 1.12 bits per heavy atom. The van der Waals surface area contributed by atoms with Gasteiger partial charge in [-0.3, -0.25) is 0 Å². The van der Waals surface area contributed by atoms with Crippen LogP contribution >= 0.6 is 0 Å². The molecule has 1 N–H and O–H groups in total. The van der Waals surface area contributed by atoms with Crippen LogP contribution in [0.1, 0.15) is 65.7 Å². The first-order chi connectivity index (χ1) is 7.49. The molecule has 0 aromatic rings. The molecule has 0 spiro atoms. The highest BCUT2D eigenvalue weighted by Gasteiger charge is 2.38. The van der Waals surface area contributed by atoms with Gasteiger partial charge in [-0.15, -0.1) is 0 Å². The molecular weight excluding hydrogens is 198 g/mol. The Morgan fingerprint density at radius 2 is 1.75 bits per heavy atom. The average Bonchev–Trinajstić information content (AvgIpc) is 2.57. The normalized spacial score (nSPS) is 25.7. The molecule has 0 atom stereocenters. The standard InChI is InChI=1S/C14H27NO/c1-13(2,3)15-11-14(9-4-5-10-14)16-12-7-6-8-12/h12,15H,4-11H2,1-3H3. The average molecular weight is 225 g/mol. The summed E-state index contributed by atoms with van der Waals surface area (Å²) >= 11 is 0. The lowest BCUT2D eigenvalue weighted by molar-refractivity contribution is -0.118. The summed E-state index contributed by atoms with van der Waals surface area (Å²) in [6.45, 7) is 7.74. The fourth-order valence-corrected chi connectivity index (χ4v) is 2.62. The molecule has 2 rings (SSSR count). The zero-order valence-electron chi connectivity index (χ0n) is 11.1. The summed E-state index contributed by atoms with van der Waals surface area (Å²) in [5.41, 5.74) is 0.372. The van der Waals surface area contributed by atoms with E-state index in [1.165, 1.54) is 44.9 Å². The topological polar surface area (TPSA) is 21.3 Å². The molecule has 2 saturated carbocycles. The van der Waals surface area contributed by atoms with Crippen molar-refractivity contribution < 1.29 is 4.74 Å². The van der Waals surface area contributed by atoms with E-state index >= 15 is 0 Å². The molecule has 0 aromatic heterocycles. The van der Waals surface area contributed by atoms with Crippen LogP contribution < -0.4 is 5.32 Å². The quantitative estimate of drug-likeness (QED) is 0.793. The summed E-state index contributed by atoms with van der Waals surface area (Å²) in [4.78, 5) is 0. The first-order valence-electron chi connectivity index (χ1n) is 6.92. The van der Waals surface area contributed by atoms with Gasteiger partial charge in [0, 0.05) is 12.1 Å². The van der Waals surface area contributed by atoms with E-state index in [2.05, 4.69) is 26.1 Å². The minimum absolute atomic E-state index is 0.165. The fourth-order valence-electron chi connectivity index (χ4n) is 2.62. The molecule has 2 nitrogen and oxygen atoms in total. The molecule has 0 radical (unpaired) electrons. The predicted octanol–water partition coefficient (Wildman–Crippen LogP) is 3.26. The zero-order valence-corrected chi connectivity index (χ0v) is 11.1. The van der Waals surface area contributed by atoms with E-state index in [9.17, 15) is 0 Å². The third kappa shape index (κ3) is 3.21. The summed E-state index contributed by atoms with van der Waals surface area (Å²) < 4.78 is 6.37. The molecule has 16 heavy (non-hydrogen) atoms. The third-order valence-corrected chi connectivity index (χ3v) is 3.92. The lowest BCUT2D eigenvalue weighted by Gasteiger charge is -2.39. The van der Waals surface area contributed by atoms with Gasteiger partial charge in [0.05, 0.1) is 11.7 Å². The van der Waals surface area contributed by atoms with E-state index in [0.29, 0.717) is 6.10 Å². The van der Waals surface area contributed by atoms with Gasteiger partial charge in [-0.25, -0.2) is 0 Å². The Bertz CT molecular complexity index is 221. The fraction of sp³-hybridized carbons (Fsp3) is 1.00. The van der Waals surface area contributed by atoms with E-state index in [4.69, 9.17) is 4.74 Å². The van der Waals surface area contributed by atoms with Crippen LogP contribution in [0.25, 0.3) is 0 Å². The van der Waals surface area contributed by atoms with Crippen molar-refractivity contribution in [2.75, 3.05) is 6.54 Å². The molecule has 2 fully saturated rings. The Hall–Kier alpha value is -0.0800. The van der Waals surface area contributed by atoms with Gasteiger partial charge in [-0.1, -0.05) is 12.8 Å². The second-order valence-electron chi connectivity index (χ2n) is 6.66. The highest BCUT2D eigenvalue weighted by molar-refractivity contribution is 4.92. The van der Waals surface area contributed by atoms with E-state index in [-0.39, 0.29) is 11.1 Å². The summed E-state index contributed by atoms with van der Waals surface area (Å²) in [6, 6.07) is 0. The van der Waals surface area contributed by atoms with Crippen molar-refractivity contribution in [3.63, 3.8) is 0 Å². The maximum Gasteiger partial charge on any atom is 0.0810 e. The van der Waals surface area contributed by atoms with Crippen LogP contribution in [0.4, 0.5) is 0 Å². The summed E-state index contributed by atoms with van der Waals surface area (Å²) in [5.74, 6) is 0. The Labute approximate surface area is 100 Å². The lowest BCUT2D eigenvalue weighted by atomic mass is 9.93. The number of hydrogen-bond donors (Lipinski definition) is 1. The minimum atomic E-state index is 0.165. The van der Waals surface area contributed by atoms with Crippen LogP contribution in [0.5, 0.6) is 0 Å². The van der Waals surface area contributed by atoms with Gasteiger partial charge in [0.2, 0.25) is 0 Å². The molecule has 2 heteroatoms. The second kappa shape index (κ2) is 4.66. The van der Waals surface area contributed by atoms with E-state index in [1.54, 1.807) is 0 Å². The summed E-state index contributed by atoms with van der Waals surface area (Å²) in [6.07, 6.45) is 9.72. The smallest absolute Gasteiger partial charge is 0.0810 e. The number of nitrogens with one attached hydrogen (secondary N) is 1. The van der Waals surface area contributed by atoms with Crippen molar-refractivity contribution in [2.45, 2.75) is 83.0 Å². The van der Waals surface area contributed by atoms with Gasteiger partial charge in [0.25, 0.3) is 0 Å². The van der Waals surface area contributed by atoms with Crippen LogP contribution in [0.2, 0.25) is 0 Å². The van der Waals surface area contributed by atoms with Crippen molar-refractivity contribution in [1.82, 2.24) is 5.32 Å². The van der Waals surface area contributed by atoms with Gasteiger partial charge in [-0.2, -0.15) is 0 Å². The molecule has 2 aliphatic carbocycles. The summed E-state index contributed by atoms with van der Waals surface area (Å²) in [7, 11) is 0. The van der Waals surface area contributed by atoms with Gasteiger partial charge < -0.3 is 10.1 Å². The molecule has 0 heterocycles. The SMILES string of the molecule is CC(C)(C)NCC1(OC2CCC2)CCCC1. The molecule has 0 unspecified atom stereocenters. The molecule has 0 aromatic carbocycles. The van der Waals surface area contributed by atoms with Crippen LogP contribution in [-0.2, 0) is 4.74 Å². The Morgan fingerprint density at radius 3 is 2.19 bits per heavy atom. The maximum atomic E-state index is 6.37. The molecule has 0 amide bonds. The highest BCUT2D eigenvalue weighted by atomic mass is 16.5. The lowest BCUT2D eigenvalue weighted by Crippen LogP contribution is -2.50. The van der Waals surface area contributed by atoms with Gasteiger partial charge in [-0.05, 0) is 52.9 Å².